The average Bonchev–Trinajstić information content (AvgIpc) is 2.26. The summed E-state index contributed by atoms with van der Waals surface area (Å²) in [6.45, 7) is 20.2. The summed E-state index contributed by atoms with van der Waals surface area (Å²) in [5.41, 5.74) is -0.0423. The maximum absolute atomic E-state index is 11.9. The molecule has 6 nitrogen and oxygen atoms in total. The molecule has 0 aromatic rings. The Morgan fingerprint density at radius 1 is 0.615 bits per heavy atom. The molecule has 0 saturated heterocycles. The molecule has 0 atom stereocenters. The molecule has 2 N–H and O–H groups in total. The zero-order valence-electron chi connectivity index (χ0n) is 17.9. The molecule has 0 spiro atoms. The maximum atomic E-state index is 11.9. The first-order chi connectivity index (χ1) is 11.2. The van der Waals surface area contributed by atoms with Crippen molar-refractivity contribution in [3.05, 3.63) is 11.1 Å². The van der Waals surface area contributed by atoms with Crippen molar-refractivity contribution < 1.29 is 28.0 Å². The molecule has 0 bridgehead atoms. The minimum Gasteiger partial charge on any atom is -0.478 e. The van der Waals surface area contributed by atoms with Crippen molar-refractivity contribution in [1.29, 1.82) is 0 Å². The number of carboxylic acids is 2. The Bertz CT molecular complexity index is 520. The van der Waals surface area contributed by atoms with Crippen LogP contribution in [0.3, 0.4) is 0 Å². The van der Waals surface area contributed by atoms with Gasteiger partial charge in [-0.05, 0) is 77.6 Å². The Morgan fingerprint density at radius 2 is 0.846 bits per heavy atom. The van der Waals surface area contributed by atoms with Crippen molar-refractivity contribution in [2.24, 2.45) is 0 Å². The number of hydrogen-bond donors (Lipinski definition) is 2. The molecule has 10 heteroatoms. The van der Waals surface area contributed by atoms with E-state index in [-0.39, 0.29) is 23.2 Å². The van der Waals surface area contributed by atoms with E-state index in [2.05, 4.69) is 39.3 Å². The van der Waals surface area contributed by atoms with Gasteiger partial charge in [-0.25, -0.2) is 9.59 Å². The van der Waals surface area contributed by atoms with Crippen LogP contribution >= 0.6 is 0 Å². The highest BCUT2D eigenvalue weighted by Gasteiger charge is 2.38. The Hall–Kier alpha value is -0.532. The standard InChI is InChI=1S/C16H36O6Si4/c1-23(2,3)21-25(7,8)11-13(15(17)18)14(16(19)20)12-26(9,10)22-24(4,5)6/h11-12H2,1-10H3,(H,17,18)(H,19,20)/b14-13+. The summed E-state index contributed by atoms with van der Waals surface area (Å²) in [6.07, 6.45) is 0. The fraction of sp³-hybridized carbons (Fsp3) is 0.750. The molecular formula is C16H36O6Si4. The van der Waals surface area contributed by atoms with Gasteiger partial charge in [-0.2, -0.15) is 0 Å². The first-order valence-electron chi connectivity index (χ1n) is 8.84. The molecule has 0 rings (SSSR count). The summed E-state index contributed by atoms with van der Waals surface area (Å²) in [7, 11) is -8.40. The lowest BCUT2D eigenvalue weighted by atomic mass is 10.1. The van der Waals surface area contributed by atoms with E-state index in [1.54, 1.807) is 0 Å². The minimum absolute atomic E-state index is 0.0211. The van der Waals surface area contributed by atoms with Crippen molar-refractivity contribution in [3.8, 4) is 0 Å². The summed E-state index contributed by atoms with van der Waals surface area (Å²) >= 11 is 0. The smallest absolute Gasteiger partial charge is 0.331 e. The lowest BCUT2D eigenvalue weighted by molar-refractivity contribution is -0.135. The van der Waals surface area contributed by atoms with Crippen molar-refractivity contribution in [2.75, 3.05) is 0 Å². The van der Waals surface area contributed by atoms with Gasteiger partial charge in [0.1, 0.15) is 0 Å². The van der Waals surface area contributed by atoms with Gasteiger partial charge >= 0.3 is 11.9 Å². The van der Waals surface area contributed by atoms with Crippen molar-refractivity contribution in [1.82, 2.24) is 0 Å². The Morgan fingerprint density at radius 3 is 1.00 bits per heavy atom. The Kier molecular flexibility index (Phi) is 8.47. The van der Waals surface area contributed by atoms with Gasteiger partial charge in [-0.3, -0.25) is 0 Å². The van der Waals surface area contributed by atoms with Gasteiger partial charge in [0.15, 0.2) is 33.3 Å². The highest BCUT2D eigenvalue weighted by atomic mass is 28.4. The molecule has 0 aliphatic heterocycles. The first kappa shape index (κ1) is 25.5. The predicted molar refractivity (Wildman–Crippen MR) is 116 cm³/mol. The quantitative estimate of drug-likeness (QED) is 0.385. The number of aliphatic carboxylic acids is 2. The van der Waals surface area contributed by atoms with E-state index in [1.807, 2.05) is 26.2 Å². The molecule has 0 radical (unpaired) electrons. The number of carbonyl (C=O) groups is 2. The molecule has 0 unspecified atom stereocenters. The van der Waals surface area contributed by atoms with E-state index >= 15 is 0 Å². The lowest BCUT2D eigenvalue weighted by Crippen LogP contribution is -2.44. The average molecular weight is 437 g/mol. The van der Waals surface area contributed by atoms with Crippen LogP contribution in [0.2, 0.25) is 77.6 Å². The van der Waals surface area contributed by atoms with E-state index in [0.29, 0.717) is 0 Å². The summed E-state index contributed by atoms with van der Waals surface area (Å²) in [6, 6.07) is 0.372. The molecule has 0 aliphatic rings. The van der Waals surface area contributed by atoms with Gasteiger partial charge < -0.3 is 18.4 Å². The monoisotopic (exact) mass is 436 g/mol. The van der Waals surface area contributed by atoms with E-state index in [1.165, 1.54) is 0 Å². The highest BCUT2D eigenvalue weighted by molar-refractivity contribution is 6.85. The Labute approximate surface area is 162 Å². The van der Waals surface area contributed by atoms with Crippen molar-refractivity contribution >= 4 is 45.2 Å². The summed E-state index contributed by atoms with van der Waals surface area (Å²) in [5.74, 6) is -2.33. The summed E-state index contributed by atoms with van der Waals surface area (Å²) in [4.78, 5) is 23.8. The summed E-state index contributed by atoms with van der Waals surface area (Å²) in [5, 5.41) is 19.4. The third-order valence-electron chi connectivity index (χ3n) is 3.25. The molecule has 0 amide bonds. The van der Waals surface area contributed by atoms with Crippen LogP contribution in [0.1, 0.15) is 0 Å². The molecule has 0 saturated carbocycles. The van der Waals surface area contributed by atoms with Gasteiger partial charge in [0.25, 0.3) is 0 Å². The van der Waals surface area contributed by atoms with Crippen LogP contribution in [0.25, 0.3) is 0 Å². The first-order valence-corrected chi connectivity index (χ1v) is 21.9. The number of carboxylic acid groups (broad SMARTS) is 2. The van der Waals surface area contributed by atoms with Crippen molar-refractivity contribution in [2.45, 2.75) is 77.6 Å². The van der Waals surface area contributed by atoms with Crippen LogP contribution in [0.5, 0.6) is 0 Å². The predicted octanol–water partition coefficient (Wildman–Crippen LogP) is 4.57. The molecule has 0 heterocycles. The van der Waals surface area contributed by atoms with Crippen molar-refractivity contribution in [3.63, 3.8) is 0 Å². The van der Waals surface area contributed by atoms with Gasteiger partial charge in [-0.15, -0.1) is 0 Å². The Balaban J connectivity index is 5.91. The fourth-order valence-corrected chi connectivity index (χ4v) is 19.5. The van der Waals surface area contributed by atoms with E-state index in [9.17, 15) is 19.8 Å². The molecule has 0 aliphatic carbocycles. The van der Waals surface area contributed by atoms with E-state index in [0.717, 1.165) is 0 Å². The molecular weight excluding hydrogens is 401 g/mol. The number of rotatable bonds is 10. The second-order valence-corrected chi connectivity index (χ2v) is 27.7. The zero-order valence-corrected chi connectivity index (χ0v) is 21.9. The van der Waals surface area contributed by atoms with Gasteiger partial charge in [0.05, 0.1) is 0 Å². The second-order valence-electron chi connectivity index (χ2n) is 9.87. The largest absolute Gasteiger partial charge is 0.478 e. The fourth-order valence-electron chi connectivity index (χ4n) is 3.20. The lowest BCUT2D eigenvalue weighted by Gasteiger charge is -2.34. The van der Waals surface area contributed by atoms with Crippen LogP contribution in [-0.2, 0) is 17.8 Å². The van der Waals surface area contributed by atoms with E-state index < -0.39 is 45.2 Å². The summed E-state index contributed by atoms with van der Waals surface area (Å²) < 4.78 is 12.4. The maximum Gasteiger partial charge on any atom is 0.331 e. The molecule has 26 heavy (non-hydrogen) atoms. The van der Waals surface area contributed by atoms with Crippen LogP contribution in [-0.4, -0.2) is 55.4 Å². The second kappa shape index (κ2) is 8.65. The SMILES string of the molecule is C[Si](C)(C)O[Si](C)(C)C/C(C(=O)O)=C(/C[Si](C)(C)O[Si](C)(C)C)C(=O)O. The van der Waals surface area contributed by atoms with Crippen LogP contribution < -0.4 is 0 Å². The normalized spacial score (nSPS) is 14.8. The van der Waals surface area contributed by atoms with Crippen LogP contribution in [0, 0.1) is 0 Å². The molecule has 0 aromatic carbocycles. The third-order valence-corrected chi connectivity index (χ3v) is 15.0. The number of hydrogen-bond acceptors (Lipinski definition) is 4. The van der Waals surface area contributed by atoms with Gasteiger partial charge in [-0.1, -0.05) is 0 Å². The molecule has 0 aromatic heterocycles. The van der Waals surface area contributed by atoms with Crippen LogP contribution in [0.15, 0.2) is 11.1 Å². The third kappa shape index (κ3) is 10.6. The van der Waals surface area contributed by atoms with Crippen LogP contribution in [0.4, 0.5) is 0 Å². The highest BCUT2D eigenvalue weighted by Crippen LogP contribution is 2.30. The topological polar surface area (TPSA) is 93.1 Å². The van der Waals surface area contributed by atoms with Gasteiger partial charge in [0, 0.05) is 11.1 Å². The molecule has 0 fully saturated rings. The molecule has 152 valence electrons. The van der Waals surface area contributed by atoms with E-state index in [4.69, 9.17) is 8.23 Å². The van der Waals surface area contributed by atoms with Gasteiger partial charge in [0.2, 0.25) is 0 Å². The zero-order chi connectivity index (χ0) is 21.1. The minimum atomic E-state index is -2.35.